The third kappa shape index (κ3) is 5.83. The molecule has 2 aromatic rings. The molecule has 2 saturated heterocycles. The second-order valence-electron chi connectivity index (χ2n) is 10.8. The van der Waals surface area contributed by atoms with Gasteiger partial charge in [-0.25, -0.2) is 4.98 Å². The minimum Gasteiger partial charge on any atom is -0.493 e. The zero-order valence-electron chi connectivity index (χ0n) is 23.4. The molecule has 8 heteroatoms. The fourth-order valence-electron chi connectivity index (χ4n) is 5.85. The van der Waals surface area contributed by atoms with Crippen molar-refractivity contribution in [2.45, 2.75) is 45.2 Å². The lowest BCUT2D eigenvalue weighted by molar-refractivity contribution is -0.137. The molecule has 1 aromatic carbocycles. The number of carbonyl (C=O) groups excluding carboxylic acids is 2. The van der Waals surface area contributed by atoms with E-state index in [2.05, 4.69) is 40.4 Å². The van der Waals surface area contributed by atoms with Crippen LogP contribution in [0.1, 0.15) is 38.3 Å². The van der Waals surface area contributed by atoms with E-state index >= 15 is 0 Å². The Morgan fingerprint density at radius 2 is 2.02 bits per heavy atom. The standard InChI is InChI=1S/C32H38N4O3S/c1-4-5-11-27(29(37)33-3)36-17-14-28-26(13-12-23(2)31(36)38)32(22-39-28)15-18-35(19-16-32)20-25-21-40-30(34-25)24-9-7-6-8-10-24/h4,6-10,12-14,21,27H,1,5,11,15-20,22H2,2-3H3,(H,33,37)/b23-12+,26-13+,28-14-. The molecular weight excluding hydrogens is 520 g/mol. The Bertz CT molecular complexity index is 1330. The van der Waals surface area contributed by atoms with Crippen LogP contribution in [0.5, 0.6) is 0 Å². The van der Waals surface area contributed by atoms with E-state index in [0.29, 0.717) is 31.6 Å². The Balaban J connectivity index is 1.29. The number of carbonyl (C=O) groups is 2. The molecule has 7 nitrogen and oxygen atoms in total. The van der Waals surface area contributed by atoms with E-state index < -0.39 is 6.04 Å². The molecule has 1 atom stereocenters. The van der Waals surface area contributed by atoms with Gasteiger partial charge in [-0.05, 0) is 51.8 Å². The largest absolute Gasteiger partial charge is 0.493 e. The number of ether oxygens (including phenoxy) is 1. The summed E-state index contributed by atoms with van der Waals surface area (Å²) in [4.78, 5) is 35.2. The number of aromatic nitrogens is 1. The topological polar surface area (TPSA) is 74.8 Å². The molecule has 40 heavy (non-hydrogen) atoms. The van der Waals surface area contributed by atoms with Gasteiger partial charge in [-0.15, -0.1) is 17.9 Å². The van der Waals surface area contributed by atoms with Gasteiger partial charge in [0.05, 0.1) is 12.3 Å². The van der Waals surface area contributed by atoms with Gasteiger partial charge in [-0.2, -0.15) is 0 Å². The summed E-state index contributed by atoms with van der Waals surface area (Å²) in [7, 11) is 1.61. The van der Waals surface area contributed by atoms with Gasteiger partial charge < -0.3 is 15.0 Å². The Hall–Kier alpha value is -3.49. The average molecular weight is 559 g/mol. The van der Waals surface area contributed by atoms with Crippen LogP contribution in [-0.2, 0) is 20.9 Å². The van der Waals surface area contributed by atoms with Crippen molar-refractivity contribution >= 4 is 23.2 Å². The predicted octanol–water partition coefficient (Wildman–Crippen LogP) is 5.10. The summed E-state index contributed by atoms with van der Waals surface area (Å²) in [5, 5.41) is 5.96. The number of likely N-dealkylation sites (tertiary alicyclic amines) is 1. The molecule has 3 aliphatic rings. The summed E-state index contributed by atoms with van der Waals surface area (Å²) >= 11 is 1.70. The number of likely N-dealkylation sites (N-methyl/N-ethyl adjacent to an activating group) is 1. The SMILES string of the molecule is C=CCCC(C(=O)NC)N1C\C=C2/OCC3(CCN(Cc4csc(-c5ccccc5)n4)CC3)/C2=C/C=C(\C)C1=O. The lowest BCUT2D eigenvalue weighted by atomic mass is 9.73. The summed E-state index contributed by atoms with van der Waals surface area (Å²) in [5.41, 5.74) is 3.99. The van der Waals surface area contributed by atoms with Gasteiger partial charge in [-0.1, -0.05) is 48.6 Å². The predicted molar refractivity (Wildman–Crippen MR) is 159 cm³/mol. The second-order valence-corrected chi connectivity index (χ2v) is 11.7. The maximum Gasteiger partial charge on any atom is 0.250 e. The van der Waals surface area contributed by atoms with Crippen LogP contribution in [0.25, 0.3) is 10.6 Å². The third-order valence-corrected chi connectivity index (χ3v) is 9.19. The number of allylic oxidation sites excluding steroid dienone is 4. The van der Waals surface area contributed by atoms with Crippen molar-refractivity contribution in [3.63, 3.8) is 0 Å². The van der Waals surface area contributed by atoms with E-state index in [4.69, 9.17) is 9.72 Å². The zero-order valence-corrected chi connectivity index (χ0v) is 24.2. The van der Waals surface area contributed by atoms with Crippen molar-refractivity contribution < 1.29 is 14.3 Å². The van der Waals surface area contributed by atoms with E-state index in [1.165, 1.54) is 5.57 Å². The van der Waals surface area contributed by atoms with Gasteiger partial charge in [-0.3, -0.25) is 14.5 Å². The molecule has 0 saturated carbocycles. The lowest BCUT2D eigenvalue weighted by Crippen LogP contribution is -2.49. The van der Waals surface area contributed by atoms with Crippen molar-refractivity contribution in [3.8, 4) is 10.6 Å². The van der Waals surface area contributed by atoms with E-state index in [1.807, 2.05) is 37.3 Å². The molecule has 1 spiro atoms. The van der Waals surface area contributed by atoms with Crippen molar-refractivity contribution in [3.05, 3.63) is 89.2 Å². The first-order valence-electron chi connectivity index (χ1n) is 14.0. The Morgan fingerprint density at radius 3 is 2.75 bits per heavy atom. The minimum atomic E-state index is -0.566. The van der Waals surface area contributed by atoms with E-state index in [9.17, 15) is 9.59 Å². The number of amides is 2. The van der Waals surface area contributed by atoms with Crippen LogP contribution in [0.15, 0.2) is 83.5 Å². The quantitative estimate of drug-likeness (QED) is 0.456. The number of hydrogen-bond acceptors (Lipinski definition) is 6. The van der Waals surface area contributed by atoms with Gasteiger partial charge >= 0.3 is 0 Å². The highest BCUT2D eigenvalue weighted by atomic mass is 32.1. The molecular formula is C32H38N4O3S. The Morgan fingerprint density at radius 1 is 1.25 bits per heavy atom. The number of benzene rings is 1. The van der Waals surface area contributed by atoms with Crippen molar-refractivity contribution in [1.29, 1.82) is 0 Å². The van der Waals surface area contributed by atoms with Gasteiger partial charge in [0.15, 0.2) is 0 Å². The number of hydrogen-bond donors (Lipinski definition) is 1. The Labute approximate surface area is 240 Å². The average Bonchev–Trinajstić information content (AvgIpc) is 3.59. The van der Waals surface area contributed by atoms with Crippen LogP contribution < -0.4 is 5.32 Å². The van der Waals surface area contributed by atoms with Gasteiger partial charge in [0.2, 0.25) is 11.8 Å². The summed E-state index contributed by atoms with van der Waals surface area (Å²) in [6, 6.07) is 9.76. The first kappa shape index (κ1) is 28.1. The number of rotatable bonds is 8. The molecule has 210 valence electrons. The smallest absolute Gasteiger partial charge is 0.250 e. The van der Waals surface area contributed by atoms with Gasteiger partial charge in [0.1, 0.15) is 16.8 Å². The van der Waals surface area contributed by atoms with Crippen LogP contribution in [0.4, 0.5) is 0 Å². The summed E-state index contributed by atoms with van der Waals surface area (Å²) in [5.74, 6) is 0.540. The monoisotopic (exact) mass is 558 g/mol. The molecule has 3 aliphatic heterocycles. The number of thiazole rings is 1. The van der Waals surface area contributed by atoms with Crippen LogP contribution >= 0.6 is 11.3 Å². The maximum atomic E-state index is 13.4. The minimum absolute atomic E-state index is 0.0718. The van der Waals surface area contributed by atoms with E-state index in [1.54, 1.807) is 29.4 Å². The van der Waals surface area contributed by atoms with Crippen LogP contribution in [0, 0.1) is 5.41 Å². The molecule has 2 amide bonds. The number of nitrogens with zero attached hydrogens (tertiary/aromatic N) is 3. The second kappa shape index (κ2) is 12.4. The number of fused-ring (bicyclic) bond motifs is 2. The van der Waals surface area contributed by atoms with E-state index in [0.717, 1.165) is 54.5 Å². The van der Waals surface area contributed by atoms with Crippen LogP contribution in [0.3, 0.4) is 0 Å². The highest BCUT2D eigenvalue weighted by Crippen LogP contribution is 2.48. The molecule has 1 aromatic heterocycles. The molecule has 2 fully saturated rings. The summed E-state index contributed by atoms with van der Waals surface area (Å²) in [6.45, 7) is 9.34. The summed E-state index contributed by atoms with van der Waals surface area (Å²) in [6.07, 6.45) is 10.9. The molecule has 1 N–H and O–H groups in total. The molecule has 0 radical (unpaired) electrons. The highest BCUT2D eigenvalue weighted by Gasteiger charge is 2.45. The van der Waals surface area contributed by atoms with Crippen LogP contribution in [-0.4, -0.2) is 65.9 Å². The molecule has 0 aliphatic carbocycles. The number of nitrogens with one attached hydrogen (secondary N) is 1. The molecule has 1 unspecified atom stereocenters. The van der Waals surface area contributed by atoms with Crippen LogP contribution in [0.2, 0.25) is 0 Å². The van der Waals surface area contributed by atoms with Crippen molar-refractivity contribution in [2.75, 3.05) is 33.3 Å². The maximum absolute atomic E-state index is 13.4. The zero-order chi connectivity index (χ0) is 28.1. The highest BCUT2D eigenvalue weighted by molar-refractivity contribution is 7.13. The van der Waals surface area contributed by atoms with Crippen molar-refractivity contribution in [1.82, 2.24) is 20.1 Å². The van der Waals surface area contributed by atoms with Gasteiger partial charge in [0, 0.05) is 47.6 Å². The van der Waals surface area contributed by atoms with Gasteiger partial charge in [0.25, 0.3) is 0 Å². The first-order valence-corrected chi connectivity index (χ1v) is 14.9. The van der Waals surface area contributed by atoms with E-state index in [-0.39, 0.29) is 17.2 Å². The third-order valence-electron chi connectivity index (χ3n) is 8.25. The fourth-order valence-corrected chi connectivity index (χ4v) is 6.66. The molecule has 0 bridgehead atoms. The Kier molecular flexibility index (Phi) is 8.66. The van der Waals surface area contributed by atoms with Crippen molar-refractivity contribution in [2.24, 2.45) is 5.41 Å². The summed E-state index contributed by atoms with van der Waals surface area (Å²) < 4.78 is 6.29. The molecule has 5 rings (SSSR count). The lowest BCUT2D eigenvalue weighted by Gasteiger charge is -2.38. The first-order chi connectivity index (χ1) is 19.4. The molecule has 4 heterocycles. The fraction of sp³-hybridized carbons (Fsp3) is 0.406. The number of piperidine rings is 1. The normalized spacial score (nSPS) is 23.7.